The van der Waals surface area contributed by atoms with Gasteiger partial charge in [0.15, 0.2) is 5.75 Å². The predicted octanol–water partition coefficient (Wildman–Crippen LogP) is 5.01. The lowest BCUT2D eigenvalue weighted by Crippen LogP contribution is -2.18. The first-order valence-electron chi connectivity index (χ1n) is 8.41. The number of H-pyrrole nitrogens is 1. The van der Waals surface area contributed by atoms with Crippen molar-refractivity contribution < 1.29 is 4.74 Å². The summed E-state index contributed by atoms with van der Waals surface area (Å²) in [7, 11) is 2.11. The highest BCUT2D eigenvalue weighted by atomic mass is 35.5. The molecule has 130 valence electrons. The summed E-state index contributed by atoms with van der Waals surface area (Å²) in [5.74, 6) is 1.24. The third-order valence-corrected chi connectivity index (χ3v) is 4.77. The summed E-state index contributed by atoms with van der Waals surface area (Å²) < 4.78 is 5.79. The van der Waals surface area contributed by atoms with E-state index in [9.17, 15) is 0 Å². The van der Waals surface area contributed by atoms with Gasteiger partial charge in [-0.15, -0.1) is 0 Å². The highest BCUT2D eigenvalue weighted by Gasteiger charge is 2.23. The molecule has 0 spiro atoms. The van der Waals surface area contributed by atoms with Crippen molar-refractivity contribution in [3.8, 4) is 17.0 Å². The number of benzene rings is 1. The van der Waals surface area contributed by atoms with E-state index < -0.39 is 0 Å². The van der Waals surface area contributed by atoms with E-state index in [2.05, 4.69) is 29.1 Å². The quantitative estimate of drug-likeness (QED) is 0.712. The molecule has 1 N–H and O–H groups in total. The van der Waals surface area contributed by atoms with Gasteiger partial charge < -0.3 is 9.64 Å². The molecular formula is C18H23Cl2N3O. The number of halogens is 2. The monoisotopic (exact) mass is 367 g/mol. The molecule has 1 saturated carbocycles. The molecule has 0 atom stereocenters. The van der Waals surface area contributed by atoms with Gasteiger partial charge in [0, 0.05) is 17.7 Å². The second-order valence-electron chi connectivity index (χ2n) is 6.53. The van der Waals surface area contributed by atoms with Gasteiger partial charge in [0.05, 0.1) is 28.5 Å². The molecule has 0 unspecified atom stereocenters. The van der Waals surface area contributed by atoms with Gasteiger partial charge in [0.1, 0.15) is 0 Å². The van der Waals surface area contributed by atoms with E-state index in [0.29, 0.717) is 28.3 Å². The number of nitrogens with one attached hydrogen (secondary N) is 1. The zero-order valence-electron chi connectivity index (χ0n) is 14.1. The van der Waals surface area contributed by atoms with Crippen LogP contribution >= 0.6 is 23.2 Å². The fourth-order valence-corrected chi connectivity index (χ4v) is 3.36. The predicted molar refractivity (Wildman–Crippen MR) is 98.9 cm³/mol. The molecule has 0 aliphatic heterocycles. The Balaban J connectivity index is 1.80. The highest BCUT2D eigenvalue weighted by Crippen LogP contribution is 2.39. The van der Waals surface area contributed by atoms with Gasteiger partial charge in [-0.2, -0.15) is 5.10 Å². The van der Waals surface area contributed by atoms with Crippen molar-refractivity contribution in [3.05, 3.63) is 33.9 Å². The lowest BCUT2D eigenvalue weighted by atomic mass is 10.1. The number of hydrogen-bond donors (Lipinski definition) is 1. The van der Waals surface area contributed by atoms with Crippen LogP contribution in [0.5, 0.6) is 5.75 Å². The minimum Gasteiger partial charge on any atom is -0.490 e. The molecular weight excluding hydrogens is 345 g/mol. The standard InChI is InChI=1S/C18H23Cl2N3O/c1-3-6-23(2)10-14-9-21-22-17(14)13-7-15(19)18(16(20)8-13)24-11-12-4-5-12/h7-9,12H,3-6,10-11H2,1-2H3,(H,21,22). The Kier molecular flexibility index (Phi) is 5.69. The highest BCUT2D eigenvalue weighted by molar-refractivity contribution is 6.37. The zero-order valence-corrected chi connectivity index (χ0v) is 15.6. The van der Waals surface area contributed by atoms with Crippen LogP contribution < -0.4 is 4.74 Å². The summed E-state index contributed by atoms with van der Waals surface area (Å²) in [5.41, 5.74) is 3.02. The first kappa shape index (κ1) is 17.6. The van der Waals surface area contributed by atoms with E-state index >= 15 is 0 Å². The Morgan fingerprint density at radius 2 is 2.00 bits per heavy atom. The fraction of sp³-hybridized carbons (Fsp3) is 0.500. The van der Waals surface area contributed by atoms with Crippen molar-refractivity contribution in [1.29, 1.82) is 0 Å². The van der Waals surface area contributed by atoms with E-state index in [0.717, 1.165) is 36.3 Å². The van der Waals surface area contributed by atoms with Crippen molar-refractivity contribution in [1.82, 2.24) is 15.1 Å². The summed E-state index contributed by atoms with van der Waals surface area (Å²) >= 11 is 12.8. The van der Waals surface area contributed by atoms with Crippen LogP contribution in [0.1, 0.15) is 31.7 Å². The van der Waals surface area contributed by atoms with Crippen molar-refractivity contribution in [3.63, 3.8) is 0 Å². The topological polar surface area (TPSA) is 41.2 Å². The molecule has 1 aliphatic carbocycles. The van der Waals surface area contributed by atoms with E-state index in [1.165, 1.54) is 12.8 Å². The van der Waals surface area contributed by atoms with Gasteiger partial charge in [0.2, 0.25) is 0 Å². The number of hydrogen-bond acceptors (Lipinski definition) is 3. The fourth-order valence-electron chi connectivity index (χ4n) is 2.76. The minimum atomic E-state index is 0.542. The Bertz CT molecular complexity index is 674. The SMILES string of the molecule is CCCN(C)Cc1cn[nH]c1-c1cc(Cl)c(OCC2CC2)c(Cl)c1. The second kappa shape index (κ2) is 7.77. The first-order valence-corrected chi connectivity index (χ1v) is 9.17. The molecule has 0 saturated heterocycles. The van der Waals surface area contributed by atoms with Crippen molar-refractivity contribution in [2.24, 2.45) is 5.92 Å². The van der Waals surface area contributed by atoms with E-state index in [4.69, 9.17) is 27.9 Å². The maximum Gasteiger partial charge on any atom is 0.156 e. The lowest BCUT2D eigenvalue weighted by molar-refractivity contribution is 0.300. The second-order valence-corrected chi connectivity index (χ2v) is 7.35. The molecule has 2 aromatic rings. The molecule has 4 nitrogen and oxygen atoms in total. The van der Waals surface area contributed by atoms with Crippen LogP contribution in [0.2, 0.25) is 10.0 Å². The van der Waals surface area contributed by atoms with E-state index in [1.54, 1.807) is 0 Å². The normalized spacial score (nSPS) is 14.4. The molecule has 1 heterocycles. The smallest absolute Gasteiger partial charge is 0.156 e. The number of nitrogens with zero attached hydrogens (tertiary/aromatic N) is 2. The van der Waals surface area contributed by atoms with Crippen LogP contribution in [0.15, 0.2) is 18.3 Å². The number of rotatable bonds is 8. The molecule has 0 bridgehead atoms. The average molecular weight is 368 g/mol. The molecule has 6 heteroatoms. The number of aromatic nitrogens is 2. The van der Waals surface area contributed by atoms with Crippen molar-refractivity contribution >= 4 is 23.2 Å². The van der Waals surface area contributed by atoms with Crippen LogP contribution in [0, 0.1) is 5.92 Å². The van der Waals surface area contributed by atoms with E-state index in [1.807, 2.05) is 18.3 Å². The van der Waals surface area contributed by atoms with Crippen LogP contribution in [0.3, 0.4) is 0 Å². The summed E-state index contributed by atoms with van der Waals surface area (Å²) in [6.07, 6.45) is 5.45. The maximum atomic E-state index is 6.41. The molecule has 1 aromatic carbocycles. The maximum absolute atomic E-state index is 6.41. The number of aromatic amines is 1. The molecule has 24 heavy (non-hydrogen) atoms. The Labute approximate surface area is 153 Å². The Morgan fingerprint density at radius 3 is 2.62 bits per heavy atom. The molecule has 0 radical (unpaired) electrons. The average Bonchev–Trinajstić information content (AvgIpc) is 3.24. The lowest BCUT2D eigenvalue weighted by Gasteiger charge is -2.16. The molecule has 0 amide bonds. The molecule has 1 aliphatic rings. The Morgan fingerprint density at radius 1 is 1.29 bits per heavy atom. The van der Waals surface area contributed by atoms with Gasteiger partial charge in [-0.05, 0) is 50.9 Å². The molecule has 1 aromatic heterocycles. The van der Waals surface area contributed by atoms with Gasteiger partial charge in [-0.3, -0.25) is 5.10 Å². The summed E-state index contributed by atoms with van der Waals surface area (Å²) in [6.45, 7) is 4.73. The summed E-state index contributed by atoms with van der Waals surface area (Å²) in [4.78, 5) is 2.27. The molecule has 1 fully saturated rings. The van der Waals surface area contributed by atoms with Gasteiger partial charge in [-0.25, -0.2) is 0 Å². The molecule has 3 rings (SSSR count). The minimum absolute atomic E-state index is 0.542. The third-order valence-electron chi connectivity index (χ3n) is 4.21. The van der Waals surface area contributed by atoms with Crippen LogP contribution in [0.4, 0.5) is 0 Å². The van der Waals surface area contributed by atoms with Gasteiger partial charge in [0.25, 0.3) is 0 Å². The summed E-state index contributed by atoms with van der Waals surface area (Å²) in [5, 5.41) is 8.35. The van der Waals surface area contributed by atoms with Crippen molar-refractivity contribution in [2.45, 2.75) is 32.7 Å². The Hall–Kier alpha value is -1.23. The largest absolute Gasteiger partial charge is 0.490 e. The van der Waals surface area contributed by atoms with Crippen LogP contribution in [-0.2, 0) is 6.54 Å². The van der Waals surface area contributed by atoms with Gasteiger partial charge in [-0.1, -0.05) is 30.1 Å². The van der Waals surface area contributed by atoms with Crippen molar-refractivity contribution in [2.75, 3.05) is 20.2 Å². The van der Waals surface area contributed by atoms with Gasteiger partial charge >= 0.3 is 0 Å². The van der Waals surface area contributed by atoms with Crippen LogP contribution in [0.25, 0.3) is 11.3 Å². The zero-order chi connectivity index (χ0) is 17.1. The van der Waals surface area contributed by atoms with E-state index in [-0.39, 0.29) is 0 Å². The third kappa shape index (κ3) is 4.24. The van der Waals surface area contributed by atoms with Crippen LogP contribution in [-0.4, -0.2) is 35.3 Å². The first-order chi connectivity index (χ1) is 11.6. The summed E-state index contributed by atoms with van der Waals surface area (Å²) in [6, 6.07) is 3.79. The number of ether oxygens (including phenoxy) is 1.